The van der Waals surface area contributed by atoms with Gasteiger partial charge in [0.15, 0.2) is 0 Å². The molecule has 0 heterocycles. The second-order valence-corrected chi connectivity index (χ2v) is 18.3. The molecule has 47 heavy (non-hydrogen) atoms. The molecular weight excluding hydrogens is 576 g/mol. The molecular formula is C43H70N2O2. The molecule has 1 aromatic rings. The zero-order valence-electron chi connectivity index (χ0n) is 30.9. The normalized spacial score (nSPS) is 39.4. The molecule has 0 spiro atoms. The molecule has 1 aromatic carbocycles. The fourth-order valence-corrected chi connectivity index (χ4v) is 12.3. The van der Waals surface area contributed by atoms with E-state index in [-0.39, 0.29) is 0 Å². The number of anilines is 2. The highest BCUT2D eigenvalue weighted by Crippen LogP contribution is 2.68. The first-order valence-electron chi connectivity index (χ1n) is 20.1. The number of fused-ring (bicyclic) bond motifs is 5. The maximum absolute atomic E-state index is 6.58. The molecule has 6 rings (SSSR count). The first-order valence-corrected chi connectivity index (χ1v) is 20.1. The van der Waals surface area contributed by atoms with Crippen LogP contribution < -0.4 is 16.2 Å². The maximum Gasteiger partial charge on any atom is 0.123 e. The molecule has 9 atom stereocenters. The van der Waals surface area contributed by atoms with E-state index in [4.69, 9.17) is 20.9 Å². The van der Waals surface area contributed by atoms with Gasteiger partial charge in [-0.2, -0.15) is 0 Å². The maximum atomic E-state index is 6.58. The van der Waals surface area contributed by atoms with Gasteiger partial charge in [0.1, 0.15) is 5.75 Å². The van der Waals surface area contributed by atoms with Crippen LogP contribution in [-0.2, 0) is 4.74 Å². The second-order valence-electron chi connectivity index (χ2n) is 18.3. The van der Waals surface area contributed by atoms with Crippen LogP contribution in [0, 0.1) is 64.1 Å². The molecule has 5 aliphatic carbocycles. The molecule has 0 saturated heterocycles. The number of hydrogen-bond donors (Lipinski definition) is 2. The first kappa shape index (κ1) is 35.2. The van der Waals surface area contributed by atoms with Crippen molar-refractivity contribution in [1.29, 1.82) is 0 Å². The van der Waals surface area contributed by atoms with Gasteiger partial charge < -0.3 is 20.9 Å². The van der Waals surface area contributed by atoms with E-state index in [1.165, 1.54) is 103 Å². The Bertz CT molecular complexity index is 1170. The van der Waals surface area contributed by atoms with Crippen molar-refractivity contribution in [3.63, 3.8) is 0 Å². The van der Waals surface area contributed by atoms with Crippen LogP contribution in [0.2, 0.25) is 0 Å². The molecule has 0 aromatic heterocycles. The second kappa shape index (κ2) is 15.1. The van der Waals surface area contributed by atoms with Gasteiger partial charge in [-0.05, 0) is 154 Å². The highest BCUT2D eigenvalue weighted by atomic mass is 16.5. The summed E-state index contributed by atoms with van der Waals surface area (Å²) in [5.74, 6) is 8.60. The van der Waals surface area contributed by atoms with Gasteiger partial charge >= 0.3 is 0 Å². The minimum atomic E-state index is 0.458. The molecule has 5 aliphatic rings. The molecule has 0 amide bonds. The van der Waals surface area contributed by atoms with Crippen molar-refractivity contribution >= 4 is 11.4 Å². The molecule has 0 radical (unpaired) electrons. The highest BCUT2D eigenvalue weighted by molar-refractivity contribution is 5.56. The van der Waals surface area contributed by atoms with Crippen molar-refractivity contribution in [3.05, 3.63) is 30.4 Å². The zero-order valence-corrected chi connectivity index (χ0v) is 30.9. The lowest BCUT2D eigenvalue weighted by Crippen LogP contribution is -2.54. The molecule has 5 fully saturated rings. The summed E-state index contributed by atoms with van der Waals surface area (Å²) in [5, 5.41) is 0. The minimum absolute atomic E-state index is 0.458. The topological polar surface area (TPSA) is 70.5 Å². The summed E-state index contributed by atoms with van der Waals surface area (Å²) in [6.07, 6.45) is 27.4. The van der Waals surface area contributed by atoms with Gasteiger partial charge in [0.2, 0.25) is 0 Å². The van der Waals surface area contributed by atoms with Crippen LogP contribution >= 0.6 is 0 Å². The van der Waals surface area contributed by atoms with Gasteiger partial charge in [0.05, 0.1) is 19.3 Å². The number of benzene rings is 1. The van der Waals surface area contributed by atoms with Crippen molar-refractivity contribution in [2.24, 2.45) is 64.1 Å². The summed E-state index contributed by atoms with van der Waals surface area (Å²) in [6, 6.07) is 5.51. The molecule has 4 nitrogen and oxygen atoms in total. The number of allylic oxidation sites excluding steroid dienone is 1. The Kier molecular flexibility index (Phi) is 11.3. The van der Waals surface area contributed by atoms with E-state index in [1.54, 1.807) is 6.07 Å². The van der Waals surface area contributed by atoms with Crippen LogP contribution in [0.5, 0.6) is 5.75 Å². The van der Waals surface area contributed by atoms with E-state index < -0.39 is 0 Å². The van der Waals surface area contributed by atoms with E-state index in [2.05, 4.69) is 46.8 Å². The Morgan fingerprint density at radius 3 is 2.28 bits per heavy atom. The third kappa shape index (κ3) is 7.89. The van der Waals surface area contributed by atoms with Crippen LogP contribution in [0.3, 0.4) is 0 Å². The number of hydrogen-bond acceptors (Lipinski definition) is 4. The quantitative estimate of drug-likeness (QED) is 0.175. The van der Waals surface area contributed by atoms with E-state index in [0.29, 0.717) is 40.1 Å². The lowest BCUT2D eigenvalue weighted by atomic mass is 9.44. The number of nitrogens with two attached hydrogens (primary N) is 2. The Labute approximate surface area is 288 Å². The molecule has 264 valence electrons. The van der Waals surface area contributed by atoms with E-state index in [9.17, 15) is 0 Å². The van der Waals surface area contributed by atoms with Gasteiger partial charge in [-0.3, -0.25) is 0 Å². The summed E-state index contributed by atoms with van der Waals surface area (Å²) in [7, 11) is 0. The Morgan fingerprint density at radius 1 is 0.809 bits per heavy atom. The first-order chi connectivity index (χ1) is 22.5. The summed E-state index contributed by atoms with van der Waals surface area (Å²) in [5.41, 5.74) is 14.3. The van der Waals surface area contributed by atoms with Gasteiger partial charge in [-0.1, -0.05) is 66.0 Å². The molecule has 4 N–H and O–H groups in total. The van der Waals surface area contributed by atoms with E-state index in [0.717, 1.165) is 60.4 Å². The van der Waals surface area contributed by atoms with Gasteiger partial charge in [-0.15, -0.1) is 0 Å². The van der Waals surface area contributed by atoms with Gasteiger partial charge in [-0.25, -0.2) is 0 Å². The SMILES string of the molecule is CC(C)CCCC(C)C1CCC2C3CCC4CC(OC/C=C/C5CCC(COc6cc(N)cc(N)c6)CC5)CCC4(C)C3CCC12C. The zero-order chi connectivity index (χ0) is 33.2. The summed E-state index contributed by atoms with van der Waals surface area (Å²) in [6.45, 7) is 14.4. The summed E-state index contributed by atoms with van der Waals surface area (Å²) < 4.78 is 12.6. The number of nitrogen functional groups attached to an aromatic ring is 2. The summed E-state index contributed by atoms with van der Waals surface area (Å²) >= 11 is 0. The third-order valence-electron chi connectivity index (χ3n) is 15.0. The lowest BCUT2D eigenvalue weighted by molar-refractivity contribution is -0.135. The third-order valence-corrected chi connectivity index (χ3v) is 15.0. The van der Waals surface area contributed by atoms with Crippen molar-refractivity contribution in [2.75, 3.05) is 24.7 Å². The Hall–Kier alpha value is -1.68. The fraction of sp³-hybridized carbons (Fsp3) is 0.814. The van der Waals surface area contributed by atoms with Crippen LogP contribution in [0.25, 0.3) is 0 Å². The van der Waals surface area contributed by atoms with Gasteiger partial charge in [0, 0.05) is 23.5 Å². The number of ether oxygens (including phenoxy) is 2. The van der Waals surface area contributed by atoms with Crippen LogP contribution in [-0.4, -0.2) is 19.3 Å². The number of rotatable bonds is 12. The van der Waals surface area contributed by atoms with Crippen molar-refractivity contribution in [1.82, 2.24) is 0 Å². The van der Waals surface area contributed by atoms with Gasteiger partial charge in [0.25, 0.3) is 0 Å². The highest BCUT2D eigenvalue weighted by Gasteiger charge is 2.60. The average Bonchev–Trinajstić information content (AvgIpc) is 3.39. The molecule has 9 unspecified atom stereocenters. The van der Waals surface area contributed by atoms with Crippen LogP contribution in [0.1, 0.15) is 137 Å². The Balaban J connectivity index is 0.923. The van der Waals surface area contributed by atoms with Crippen molar-refractivity contribution < 1.29 is 9.47 Å². The molecule has 0 aliphatic heterocycles. The predicted octanol–water partition coefficient (Wildman–Crippen LogP) is 11.1. The average molecular weight is 647 g/mol. The molecule has 0 bridgehead atoms. The smallest absolute Gasteiger partial charge is 0.123 e. The van der Waals surface area contributed by atoms with Crippen molar-refractivity contribution in [3.8, 4) is 5.75 Å². The lowest BCUT2D eigenvalue weighted by Gasteiger charge is -2.61. The van der Waals surface area contributed by atoms with Crippen LogP contribution in [0.4, 0.5) is 11.4 Å². The van der Waals surface area contributed by atoms with E-state index in [1.807, 2.05) is 12.1 Å². The summed E-state index contributed by atoms with van der Waals surface area (Å²) in [4.78, 5) is 0. The minimum Gasteiger partial charge on any atom is -0.493 e. The fourth-order valence-electron chi connectivity index (χ4n) is 12.3. The standard InChI is InChI=1S/C43H70N2O2/c1-29(2)8-6-9-30(3)39-17-18-40-38-16-15-33-24-36(19-21-42(33,4)41(38)20-22-43(39,40)5)46-23-7-10-31-11-13-32(14-12-31)28-47-37-26-34(44)25-35(45)27-37/h7,10,25-27,29-33,36,38-41H,6,8-9,11-24,28,44-45H2,1-5H3/b10-7+. The monoisotopic (exact) mass is 647 g/mol. The largest absolute Gasteiger partial charge is 0.493 e. The molecule has 5 saturated carbocycles. The van der Waals surface area contributed by atoms with Crippen LogP contribution in [0.15, 0.2) is 30.4 Å². The van der Waals surface area contributed by atoms with E-state index >= 15 is 0 Å². The predicted molar refractivity (Wildman–Crippen MR) is 198 cm³/mol. The van der Waals surface area contributed by atoms with Crippen molar-refractivity contribution in [2.45, 2.75) is 143 Å². The Morgan fingerprint density at radius 2 is 1.53 bits per heavy atom. The molecule has 4 heteroatoms.